The molecule has 0 spiro atoms. The molecule has 1 N–H and O–H groups in total. The van der Waals surface area contributed by atoms with E-state index in [1.165, 1.54) is 0 Å². The van der Waals surface area contributed by atoms with E-state index in [-0.39, 0.29) is 19.5 Å². The fourth-order valence-corrected chi connectivity index (χ4v) is 2.36. The second kappa shape index (κ2) is 8.35. The predicted octanol–water partition coefficient (Wildman–Crippen LogP) is 3.20. The van der Waals surface area contributed by atoms with Crippen LogP contribution in [0.25, 0.3) is 0 Å². The number of aliphatic hydroxyl groups is 1. The highest BCUT2D eigenvalue weighted by Crippen LogP contribution is 2.25. The quantitative estimate of drug-likeness (QED) is 0.831. The van der Waals surface area contributed by atoms with Gasteiger partial charge in [-0.2, -0.15) is 0 Å². The number of hydrogen-bond donors (Lipinski definition) is 1. The van der Waals surface area contributed by atoms with E-state index in [1.807, 2.05) is 24.3 Å². The summed E-state index contributed by atoms with van der Waals surface area (Å²) in [7, 11) is 0. The lowest BCUT2D eigenvalue weighted by molar-refractivity contribution is -0.0441. The molecule has 5 nitrogen and oxygen atoms in total. The van der Waals surface area contributed by atoms with Crippen molar-refractivity contribution in [3.63, 3.8) is 0 Å². The van der Waals surface area contributed by atoms with Crippen molar-refractivity contribution in [3.05, 3.63) is 59.1 Å². The fraction of sp³-hybridized carbons (Fsp3) is 0.333. The van der Waals surface area contributed by atoms with Gasteiger partial charge in [0.05, 0.1) is 13.2 Å². The van der Waals surface area contributed by atoms with Gasteiger partial charge in [-0.05, 0) is 36.4 Å². The molecule has 2 aromatic carbocycles. The minimum Gasteiger partial charge on any atom is -0.491 e. The molecule has 0 aliphatic carbocycles. The first-order valence-electron chi connectivity index (χ1n) is 7.73. The third kappa shape index (κ3) is 4.85. The van der Waals surface area contributed by atoms with E-state index in [0.29, 0.717) is 29.7 Å². The molecule has 1 saturated heterocycles. The molecule has 0 saturated carbocycles. The van der Waals surface area contributed by atoms with Crippen LogP contribution in [0.1, 0.15) is 11.9 Å². The largest absolute Gasteiger partial charge is 0.491 e. The van der Waals surface area contributed by atoms with Gasteiger partial charge in [-0.1, -0.05) is 23.7 Å². The Morgan fingerprint density at radius 3 is 1.96 bits per heavy atom. The van der Waals surface area contributed by atoms with Crippen molar-refractivity contribution in [1.29, 1.82) is 0 Å². The molecule has 2 aromatic rings. The molecule has 0 radical (unpaired) electrons. The van der Waals surface area contributed by atoms with Crippen LogP contribution in [-0.4, -0.2) is 37.6 Å². The minimum atomic E-state index is -0.734. The van der Waals surface area contributed by atoms with Gasteiger partial charge in [-0.15, -0.1) is 0 Å². The normalized spacial score (nSPS) is 16.1. The Balaban J connectivity index is 1.42. The maximum absolute atomic E-state index is 9.94. The first kappa shape index (κ1) is 17.0. The molecule has 1 aliphatic rings. The van der Waals surface area contributed by atoms with Crippen LogP contribution in [0.15, 0.2) is 48.5 Å². The molecule has 1 aliphatic heterocycles. The van der Waals surface area contributed by atoms with Crippen LogP contribution in [0, 0.1) is 0 Å². The van der Waals surface area contributed by atoms with Crippen LogP contribution in [0.5, 0.6) is 11.5 Å². The summed E-state index contributed by atoms with van der Waals surface area (Å²) in [6.45, 7) is 1.51. The van der Waals surface area contributed by atoms with Crippen LogP contribution in [0.3, 0.4) is 0 Å². The molecule has 1 heterocycles. The van der Waals surface area contributed by atoms with E-state index >= 15 is 0 Å². The van der Waals surface area contributed by atoms with Gasteiger partial charge in [-0.3, -0.25) is 0 Å². The zero-order chi connectivity index (χ0) is 16.8. The molecule has 1 atom stereocenters. The van der Waals surface area contributed by atoms with Gasteiger partial charge >= 0.3 is 0 Å². The van der Waals surface area contributed by atoms with E-state index in [0.717, 1.165) is 5.56 Å². The smallest absolute Gasteiger partial charge is 0.184 e. The average molecular weight is 351 g/mol. The molecule has 1 fully saturated rings. The Hall–Kier alpha value is -1.79. The number of rotatable bonds is 7. The third-order valence-corrected chi connectivity index (χ3v) is 3.72. The zero-order valence-electron chi connectivity index (χ0n) is 13.1. The summed E-state index contributed by atoms with van der Waals surface area (Å²) >= 11 is 5.80. The Morgan fingerprint density at radius 1 is 0.917 bits per heavy atom. The SMILES string of the molecule is OC(COc1ccc(Cl)cc1)COc1ccc(C2OCCO2)cc1. The van der Waals surface area contributed by atoms with E-state index in [4.69, 9.17) is 30.5 Å². The number of hydrogen-bond acceptors (Lipinski definition) is 5. The summed E-state index contributed by atoms with van der Waals surface area (Å²) in [5.74, 6) is 1.32. The highest BCUT2D eigenvalue weighted by Gasteiger charge is 2.18. The van der Waals surface area contributed by atoms with E-state index in [1.54, 1.807) is 24.3 Å². The Labute approximate surface area is 145 Å². The molecule has 0 aromatic heterocycles. The molecule has 24 heavy (non-hydrogen) atoms. The first-order valence-corrected chi connectivity index (χ1v) is 8.11. The summed E-state index contributed by atoms with van der Waals surface area (Å²) in [4.78, 5) is 0. The van der Waals surface area contributed by atoms with Crippen molar-refractivity contribution in [1.82, 2.24) is 0 Å². The summed E-state index contributed by atoms with van der Waals surface area (Å²) in [5, 5.41) is 10.6. The molecule has 3 rings (SSSR count). The van der Waals surface area contributed by atoms with Crippen LogP contribution in [0.2, 0.25) is 5.02 Å². The average Bonchev–Trinajstić information content (AvgIpc) is 3.14. The second-order valence-corrected chi connectivity index (χ2v) is 5.81. The lowest BCUT2D eigenvalue weighted by Gasteiger charge is -2.14. The van der Waals surface area contributed by atoms with Gasteiger partial charge < -0.3 is 24.1 Å². The summed E-state index contributed by atoms with van der Waals surface area (Å²) in [6.07, 6.45) is -1.03. The van der Waals surface area contributed by atoms with Gasteiger partial charge in [-0.25, -0.2) is 0 Å². The first-order chi connectivity index (χ1) is 11.7. The summed E-state index contributed by atoms with van der Waals surface area (Å²) < 4.78 is 21.9. The van der Waals surface area contributed by atoms with E-state index < -0.39 is 6.10 Å². The van der Waals surface area contributed by atoms with Crippen molar-refractivity contribution in [3.8, 4) is 11.5 Å². The second-order valence-electron chi connectivity index (χ2n) is 5.37. The van der Waals surface area contributed by atoms with Gasteiger partial charge in [0, 0.05) is 10.6 Å². The van der Waals surface area contributed by atoms with Gasteiger partial charge in [0.1, 0.15) is 30.8 Å². The van der Waals surface area contributed by atoms with Gasteiger partial charge in [0.25, 0.3) is 0 Å². The predicted molar refractivity (Wildman–Crippen MR) is 89.5 cm³/mol. The Morgan fingerprint density at radius 2 is 1.42 bits per heavy atom. The molecular weight excluding hydrogens is 332 g/mol. The topological polar surface area (TPSA) is 57.2 Å². The number of benzene rings is 2. The molecule has 128 valence electrons. The summed E-state index contributed by atoms with van der Waals surface area (Å²) in [5.41, 5.74) is 0.950. The number of ether oxygens (including phenoxy) is 4. The standard InChI is InChI=1S/C18H19ClO5/c19-14-3-7-17(8-4-14)24-12-15(20)11-23-16-5-1-13(2-6-16)18-21-9-10-22-18/h1-8,15,18,20H,9-12H2. The lowest BCUT2D eigenvalue weighted by Crippen LogP contribution is -2.25. The Bertz CT molecular complexity index is 623. The van der Waals surface area contributed by atoms with Crippen molar-refractivity contribution >= 4 is 11.6 Å². The van der Waals surface area contributed by atoms with Crippen LogP contribution in [0.4, 0.5) is 0 Å². The van der Waals surface area contributed by atoms with Crippen molar-refractivity contribution in [2.75, 3.05) is 26.4 Å². The highest BCUT2D eigenvalue weighted by atomic mass is 35.5. The number of halogens is 1. The van der Waals surface area contributed by atoms with E-state index in [2.05, 4.69) is 0 Å². The van der Waals surface area contributed by atoms with Gasteiger partial charge in [0.2, 0.25) is 0 Å². The van der Waals surface area contributed by atoms with Crippen molar-refractivity contribution in [2.24, 2.45) is 0 Å². The summed E-state index contributed by atoms with van der Waals surface area (Å²) in [6, 6.07) is 14.4. The highest BCUT2D eigenvalue weighted by molar-refractivity contribution is 6.30. The molecular formula is C18H19ClO5. The van der Waals surface area contributed by atoms with Crippen LogP contribution in [-0.2, 0) is 9.47 Å². The van der Waals surface area contributed by atoms with Crippen LogP contribution < -0.4 is 9.47 Å². The van der Waals surface area contributed by atoms with Crippen LogP contribution >= 0.6 is 11.6 Å². The maximum Gasteiger partial charge on any atom is 0.184 e. The molecule has 1 unspecified atom stereocenters. The molecule has 0 amide bonds. The maximum atomic E-state index is 9.94. The van der Waals surface area contributed by atoms with Crippen molar-refractivity contribution in [2.45, 2.75) is 12.4 Å². The third-order valence-electron chi connectivity index (χ3n) is 3.47. The van der Waals surface area contributed by atoms with E-state index in [9.17, 15) is 5.11 Å². The monoisotopic (exact) mass is 350 g/mol. The van der Waals surface area contributed by atoms with Gasteiger partial charge in [0.15, 0.2) is 6.29 Å². The van der Waals surface area contributed by atoms with Crippen molar-refractivity contribution < 1.29 is 24.1 Å². The Kier molecular flexibility index (Phi) is 5.93. The number of aliphatic hydroxyl groups excluding tert-OH is 1. The zero-order valence-corrected chi connectivity index (χ0v) is 13.8. The molecule has 6 heteroatoms. The fourth-order valence-electron chi connectivity index (χ4n) is 2.24. The minimum absolute atomic E-state index is 0.142. The molecule has 0 bridgehead atoms. The lowest BCUT2D eigenvalue weighted by atomic mass is 10.2.